The summed E-state index contributed by atoms with van der Waals surface area (Å²) in [4.78, 5) is 15.1. The molecule has 0 aromatic carbocycles. The van der Waals surface area contributed by atoms with Gasteiger partial charge in [0, 0.05) is 18.0 Å². The third kappa shape index (κ3) is 1.96. The van der Waals surface area contributed by atoms with Crippen LogP contribution >= 0.6 is 0 Å². The average Bonchev–Trinajstić information content (AvgIpc) is 2.16. The van der Waals surface area contributed by atoms with Crippen LogP contribution in [0.5, 0.6) is 5.75 Å². The highest BCUT2D eigenvalue weighted by molar-refractivity contribution is 5.92. The molecule has 1 aromatic heterocycles. The topological polar surface area (TPSA) is 48.4 Å². The number of hydrogen-bond donors (Lipinski definition) is 0. The zero-order valence-electron chi connectivity index (χ0n) is 7.83. The monoisotopic (exact) mass is 181 g/mol. The lowest BCUT2D eigenvalue weighted by Crippen LogP contribution is -2.05. The maximum absolute atomic E-state index is 11.2. The summed E-state index contributed by atoms with van der Waals surface area (Å²) in [7, 11) is 2.82. The van der Waals surface area contributed by atoms with E-state index in [0.717, 1.165) is 5.69 Å². The number of pyridine rings is 1. The van der Waals surface area contributed by atoms with Crippen molar-refractivity contribution in [3.63, 3.8) is 0 Å². The van der Waals surface area contributed by atoms with Crippen molar-refractivity contribution in [1.29, 1.82) is 0 Å². The molecule has 0 saturated heterocycles. The Morgan fingerprint density at radius 3 is 2.69 bits per heavy atom. The summed E-state index contributed by atoms with van der Waals surface area (Å²) in [5.41, 5.74) is 1.14. The van der Waals surface area contributed by atoms with Crippen LogP contribution in [0.4, 0.5) is 0 Å². The number of rotatable bonds is 2. The maximum Gasteiger partial charge on any atom is 0.343 e. The molecule has 1 heterocycles. The van der Waals surface area contributed by atoms with Gasteiger partial charge >= 0.3 is 5.97 Å². The standard InChI is InChI=1S/C9H11NO3/c1-6-4-8(12-2)7(5-10-6)9(11)13-3/h4-5H,1-3H3. The van der Waals surface area contributed by atoms with Crippen LogP contribution in [0.15, 0.2) is 12.3 Å². The molecule has 70 valence electrons. The second-order valence-electron chi connectivity index (χ2n) is 2.52. The van der Waals surface area contributed by atoms with Gasteiger partial charge in [-0.3, -0.25) is 4.98 Å². The molecule has 0 unspecified atom stereocenters. The van der Waals surface area contributed by atoms with Crippen LogP contribution in [0.25, 0.3) is 0 Å². The van der Waals surface area contributed by atoms with Gasteiger partial charge in [0.05, 0.1) is 14.2 Å². The van der Waals surface area contributed by atoms with Crippen molar-refractivity contribution in [2.24, 2.45) is 0 Å². The fourth-order valence-electron chi connectivity index (χ4n) is 0.967. The maximum atomic E-state index is 11.2. The van der Waals surface area contributed by atoms with E-state index in [2.05, 4.69) is 9.72 Å². The predicted octanol–water partition coefficient (Wildman–Crippen LogP) is 1.19. The number of nitrogens with zero attached hydrogens (tertiary/aromatic N) is 1. The minimum atomic E-state index is -0.440. The molecular weight excluding hydrogens is 170 g/mol. The molecule has 0 spiro atoms. The number of carbonyl (C=O) groups excluding carboxylic acids is 1. The van der Waals surface area contributed by atoms with Crippen LogP contribution in [0.1, 0.15) is 16.1 Å². The summed E-state index contributed by atoms with van der Waals surface area (Å²) in [6.07, 6.45) is 1.44. The Bertz CT molecular complexity index is 323. The van der Waals surface area contributed by atoms with E-state index >= 15 is 0 Å². The molecule has 13 heavy (non-hydrogen) atoms. The SMILES string of the molecule is COC(=O)c1cnc(C)cc1OC. The van der Waals surface area contributed by atoms with Gasteiger partial charge in [-0.1, -0.05) is 0 Å². The Labute approximate surface area is 76.5 Å². The smallest absolute Gasteiger partial charge is 0.343 e. The van der Waals surface area contributed by atoms with Crippen molar-refractivity contribution < 1.29 is 14.3 Å². The molecule has 0 N–H and O–H groups in total. The summed E-state index contributed by atoms with van der Waals surface area (Å²) < 4.78 is 9.57. The molecule has 0 aliphatic carbocycles. The van der Waals surface area contributed by atoms with Gasteiger partial charge in [0.15, 0.2) is 0 Å². The lowest BCUT2D eigenvalue weighted by Gasteiger charge is -2.06. The zero-order chi connectivity index (χ0) is 9.84. The Morgan fingerprint density at radius 1 is 1.46 bits per heavy atom. The first kappa shape index (κ1) is 9.51. The number of hydrogen-bond acceptors (Lipinski definition) is 4. The first-order valence-corrected chi connectivity index (χ1v) is 3.78. The highest BCUT2D eigenvalue weighted by atomic mass is 16.5. The molecule has 1 aromatic rings. The second-order valence-corrected chi connectivity index (χ2v) is 2.52. The van der Waals surface area contributed by atoms with Crippen LogP contribution in [0, 0.1) is 6.92 Å². The van der Waals surface area contributed by atoms with Crippen molar-refractivity contribution in [1.82, 2.24) is 4.98 Å². The number of aromatic nitrogens is 1. The Hall–Kier alpha value is -1.58. The molecule has 1 rings (SSSR count). The molecule has 0 aliphatic rings. The number of esters is 1. The quantitative estimate of drug-likeness (QED) is 0.643. The molecular formula is C9H11NO3. The molecule has 0 bridgehead atoms. The molecule has 0 saturated carbocycles. The van der Waals surface area contributed by atoms with Crippen LogP contribution in [0.2, 0.25) is 0 Å². The fraction of sp³-hybridized carbons (Fsp3) is 0.333. The van der Waals surface area contributed by atoms with Crippen LogP contribution in [-0.4, -0.2) is 25.2 Å². The van der Waals surface area contributed by atoms with Crippen molar-refractivity contribution in [2.75, 3.05) is 14.2 Å². The minimum absolute atomic E-state index is 0.343. The van der Waals surface area contributed by atoms with E-state index in [-0.39, 0.29) is 0 Å². The molecule has 0 aliphatic heterocycles. The molecule has 0 atom stereocenters. The summed E-state index contributed by atoms with van der Waals surface area (Å²) in [6, 6.07) is 1.69. The first-order valence-electron chi connectivity index (χ1n) is 3.78. The zero-order valence-corrected chi connectivity index (χ0v) is 7.83. The van der Waals surface area contributed by atoms with E-state index in [1.54, 1.807) is 6.07 Å². The predicted molar refractivity (Wildman–Crippen MR) is 46.9 cm³/mol. The molecule has 4 nitrogen and oxygen atoms in total. The van der Waals surface area contributed by atoms with E-state index < -0.39 is 5.97 Å². The van der Waals surface area contributed by atoms with E-state index in [9.17, 15) is 4.79 Å². The van der Waals surface area contributed by atoms with E-state index in [0.29, 0.717) is 11.3 Å². The lowest BCUT2D eigenvalue weighted by molar-refractivity contribution is 0.0596. The Kier molecular flexibility index (Phi) is 2.84. The first-order chi connectivity index (χ1) is 6.19. The summed E-state index contributed by atoms with van der Waals surface area (Å²) in [6.45, 7) is 1.82. The van der Waals surface area contributed by atoms with Crippen LogP contribution < -0.4 is 4.74 Å². The molecule has 0 amide bonds. The summed E-state index contributed by atoms with van der Waals surface area (Å²) >= 11 is 0. The largest absolute Gasteiger partial charge is 0.496 e. The fourth-order valence-corrected chi connectivity index (χ4v) is 0.967. The van der Waals surface area contributed by atoms with Gasteiger partial charge in [0.1, 0.15) is 11.3 Å². The van der Waals surface area contributed by atoms with E-state index in [1.807, 2.05) is 6.92 Å². The van der Waals surface area contributed by atoms with Crippen LogP contribution in [-0.2, 0) is 4.74 Å². The van der Waals surface area contributed by atoms with E-state index in [4.69, 9.17) is 4.74 Å². The number of methoxy groups -OCH3 is 2. The van der Waals surface area contributed by atoms with Crippen LogP contribution in [0.3, 0.4) is 0 Å². The summed E-state index contributed by atoms with van der Waals surface area (Å²) in [5, 5.41) is 0. The average molecular weight is 181 g/mol. The third-order valence-electron chi connectivity index (χ3n) is 1.63. The highest BCUT2D eigenvalue weighted by Gasteiger charge is 2.12. The Morgan fingerprint density at radius 2 is 2.15 bits per heavy atom. The Balaban J connectivity index is 3.13. The van der Waals surface area contributed by atoms with Gasteiger partial charge < -0.3 is 9.47 Å². The number of aryl methyl sites for hydroxylation is 1. The third-order valence-corrected chi connectivity index (χ3v) is 1.63. The van der Waals surface area contributed by atoms with Crippen molar-refractivity contribution >= 4 is 5.97 Å². The van der Waals surface area contributed by atoms with Crippen molar-refractivity contribution in [3.8, 4) is 5.75 Å². The van der Waals surface area contributed by atoms with Gasteiger partial charge in [-0.15, -0.1) is 0 Å². The number of ether oxygens (including phenoxy) is 2. The number of carbonyl (C=O) groups is 1. The van der Waals surface area contributed by atoms with Gasteiger partial charge in [-0.2, -0.15) is 0 Å². The normalized spacial score (nSPS) is 9.46. The summed E-state index contributed by atoms with van der Waals surface area (Å²) in [5.74, 6) is 0.0451. The van der Waals surface area contributed by atoms with Gasteiger partial charge in [-0.05, 0) is 6.92 Å². The van der Waals surface area contributed by atoms with Crippen molar-refractivity contribution in [2.45, 2.75) is 6.92 Å². The highest BCUT2D eigenvalue weighted by Crippen LogP contribution is 2.18. The molecule has 0 fully saturated rings. The van der Waals surface area contributed by atoms with Gasteiger partial charge in [-0.25, -0.2) is 4.79 Å². The van der Waals surface area contributed by atoms with Gasteiger partial charge in [0.2, 0.25) is 0 Å². The second kappa shape index (κ2) is 3.89. The van der Waals surface area contributed by atoms with Crippen molar-refractivity contribution in [3.05, 3.63) is 23.5 Å². The lowest BCUT2D eigenvalue weighted by atomic mass is 10.2. The molecule has 4 heteroatoms. The minimum Gasteiger partial charge on any atom is -0.496 e. The van der Waals surface area contributed by atoms with E-state index in [1.165, 1.54) is 20.4 Å². The van der Waals surface area contributed by atoms with Gasteiger partial charge in [0.25, 0.3) is 0 Å². The molecule has 0 radical (unpaired) electrons.